The summed E-state index contributed by atoms with van der Waals surface area (Å²) in [5.41, 5.74) is 1.36. The van der Waals surface area contributed by atoms with Crippen molar-refractivity contribution in [1.29, 1.82) is 0 Å². The molecule has 0 saturated heterocycles. The SMILES string of the molecule is C#CCc1cccc(C(=O)NCCCCCCCCCCCCCCCCCC)c1I=O. The Bertz CT molecular complexity index is 681. The maximum absolute atomic E-state index is 12.5. The van der Waals surface area contributed by atoms with Crippen molar-refractivity contribution in [3.63, 3.8) is 0 Å². The minimum absolute atomic E-state index is 0.129. The third-order valence-electron chi connectivity index (χ3n) is 6.01. The number of carbonyl (C=O) groups excluding carboxylic acids is 1. The van der Waals surface area contributed by atoms with Crippen molar-refractivity contribution in [1.82, 2.24) is 5.32 Å². The van der Waals surface area contributed by atoms with E-state index in [2.05, 4.69) is 18.2 Å². The molecule has 4 heteroatoms. The number of carbonyl (C=O) groups is 1. The molecule has 0 spiro atoms. The fourth-order valence-corrected chi connectivity index (χ4v) is 5.38. The number of benzene rings is 1. The monoisotopic (exact) mass is 553 g/mol. The van der Waals surface area contributed by atoms with E-state index >= 15 is 0 Å². The van der Waals surface area contributed by atoms with E-state index in [0.29, 0.717) is 22.1 Å². The Morgan fingerprint density at radius 2 is 1.34 bits per heavy atom. The fraction of sp³-hybridized carbons (Fsp3) is 0.679. The second-order valence-corrected chi connectivity index (χ2v) is 10.3. The zero-order chi connectivity index (χ0) is 23.3. The van der Waals surface area contributed by atoms with Crippen LogP contribution in [0, 0.1) is 15.9 Å². The lowest BCUT2D eigenvalue weighted by Gasteiger charge is -2.09. The zero-order valence-electron chi connectivity index (χ0n) is 20.2. The quantitative estimate of drug-likeness (QED) is 0.100. The number of amides is 1. The van der Waals surface area contributed by atoms with Crippen LogP contribution in [0.1, 0.15) is 126 Å². The second-order valence-electron chi connectivity index (χ2n) is 8.80. The van der Waals surface area contributed by atoms with Crippen molar-refractivity contribution in [3.8, 4) is 12.3 Å². The van der Waals surface area contributed by atoms with Gasteiger partial charge in [0.1, 0.15) is 0 Å². The summed E-state index contributed by atoms with van der Waals surface area (Å²) in [5, 5.41) is 2.98. The molecule has 0 aliphatic carbocycles. The maximum atomic E-state index is 12.5. The number of rotatable bonds is 20. The van der Waals surface area contributed by atoms with Gasteiger partial charge in [0, 0.05) is 13.0 Å². The normalized spacial score (nSPS) is 10.8. The molecule has 0 aliphatic rings. The van der Waals surface area contributed by atoms with Crippen molar-refractivity contribution in [2.75, 3.05) is 6.54 Å². The molecule has 0 radical (unpaired) electrons. The lowest BCUT2D eigenvalue weighted by atomic mass is 10.0. The first-order chi connectivity index (χ1) is 15.7. The first-order valence-electron chi connectivity index (χ1n) is 12.8. The average Bonchev–Trinajstić information content (AvgIpc) is 2.81. The predicted molar refractivity (Wildman–Crippen MR) is 144 cm³/mol. The molecule has 0 unspecified atom stereocenters. The third-order valence-corrected chi connectivity index (χ3v) is 7.72. The van der Waals surface area contributed by atoms with Gasteiger partial charge < -0.3 is 5.32 Å². The predicted octanol–water partition coefficient (Wildman–Crippen LogP) is 8.34. The van der Waals surface area contributed by atoms with E-state index in [4.69, 9.17) is 6.42 Å². The molecule has 0 heterocycles. The van der Waals surface area contributed by atoms with E-state index in [0.717, 1.165) is 18.4 Å². The van der Waals surface area contributed by atoms with Gasteiger partial charge in [0.05, 0.1) is 9.13 Å². The summed E-state index contributed by atoms with van der Waals surface area (Å²) >= 11 is -1.43. The Morgan fingerprint density at radius 3 is 1.81 bits per heavy atom. The smallest absolute Gasteiger partial charge is 0.252 e. The van der Waals surface area contributed by atoms with Gasteiger partial charge in [0.15, 0.2) is 21.2 Å². The number of terminal acetylenes is 1. The van der Waals surface area contributed by atoms with Crippen LogP contribution in [0.25, 0.3) is 0 Å². The van der Waals surface area contributed by atoms with E-state index in [1.807, 2.05) is 12.1 Å². The summed E-state index contributed by atoms with van der Waals surface area (Å²) in [6.07, 6.45) is 27.2. The highest BCUT2D eigenvalue weighted by Crippen LogP contribution is 2.21. The Balaban J connectivity index is 1.98. The molecule has 3 nitrogen and oxygen atoms in total. The van der Waals surface area contributed by atoms with E-state index in [1.54, 1.807) is 6.07 Å². The van der Waals surface area contributed by atoms with E-state index < -0.39 is 21.2 Å². The molecule has 1 rings (SSSR count). The van der Waals surface area contributed by atoms with Gasteiger partial charge in [-0.05, 0) is 18.1 Å². The molecule has 0 fully saturated rings. The Kier molecular flexibility index (Phi) is 18.4. The molecule has 0 aromatic heterocycles. The molecule has 32 heavy (non-hydrogen) atoms. The van der Waals surface area contributed by atoms with Crippen LogP contribution in [0.5, 0.6) is 0 Å². The standard InChI is InChI=1S/C28H44INO2/c1-3-5-6-7-8-9-10-11-12-13-14-15-16-17-18-19-24-30-28(31)26-23-20-22-25(21-4-2)27(26)29-32/h2,20,22-23H,3,5-19,21,24H2,1H3,(H,30,31). The molecule has 0 bridgehead atoms. The van der Waals surface area contributed by atoms with Gasteiger partial charge in [0.2, 0.25) is 0 Å². The van der Waals surface area contributed by atoms with Crippen LogP contribution in [0.2, 0.25) is 0 Å². The summed E-state index contributed by atoms with van der Waals surface area (Å²) in [4.78, 5) is 12.5. The molecular weight excluding hydrogens is 509 g/mol. The number of hydrogen-bond donors (Lipinski definition) is 1. The highest BCUT2D eigenvalue weighted by atomic mass is 127. The van der Waals surface area contributed by atoms with Gasteiger partial charge in [-0.15, -0.1) is 12.3 Å². The summed E-state index contributed by atoms with van der Waals surface area (Å²) in [6, 6.07) is 5.42. The highest BCUT2D eigenvalue weighted by Gasteiger charge is 2.14. The molecular formula is C28H44INO2. The van der Waals surface area contributed by atoms with Gasteiger partial charge in [-0.1, -0.05) is 115 Å². The number of unbranched alkanes of at least 4 members (excludes halogenated alkanes) is 15. The molecule has 180 valence electrons. The number of nitrogens with one attached hydrogen (secondary N) is 1. The average molecular weight is 554 g/mol. The lowest BCUT2D eigenvalue weighted by Crippen LogP contribution is -2.25. The van der Waals surface area contributed by atoms with Gasteiger partial charge in [-0.3, -0.25) is 7.86 Å². The molecule has 0 aliphatic heterocycles. The van der Waals surface area contributed by atoms with Crippen molar-refractivity contribution >= 4 is 27.1 Å². The number of hydrogen-bond acceptors (Lipinski definition) is 2. The van der Waals surface area contributed by atoms with Gasteiger partial charge in [-0.2, -0.15) is 0 Å². The van der Waals surface area contributed by atoms with Crippen molar-refractivity contribution < 1.29 is 7.86 Å². The van der Waals surface area contributed by atoms with Gasteiger partial charge in [0.25, 0.3) is 5.91 Å². The molecule has 0 atom stereocenters. The van der Waals surface area contributed by atoms with E-state index in [1.165, 1.54) is 89.9 Å². The molecule has 1 amide bonds. The molecule has 1 N–H and O–H groups in total. The largest absolute Gasteiger partial charge is 0.352 e. The van der Waals surface area contributed by atoms with Crippen LogP contribution in [0.3, 0.4) is 0 Å². The van der Waals surface area contributed by atoms with Crippen molar-refractivity contribution in [2.24, 2.45) is 0 Å². The Hall–Kier alpha value is -1.22. The fourth-order valence-electron chi connectivity index (χ4n) is 4.06. The van der Waals surface area contributed by atoms with Crippen LogP contribution < -0.4 is 5.32 Å². The van der Waals surface area contributed by atoms with Crippen LogP contribution >= 0.6 is 21.2 Å². The molecule has 0 saturated carbocycles. The molecule has 1 aromatic carbocycles. The summed E-state index contributed by atoms with van der Waals surface area (Å²) in [5.74, 6) is 2.45. The van der Waals surface area contributed by atoms with Crippen molar-refractivity contribution in [2.45, 2.75) is 116 Å². The van der Waals surface area contributed by atoms with Crippen LogP contribution in [0.4, 0.5) is 0 Å². The summed E-state index contributed by atoms with van der Waals surface area (Å²) in [7, 11) is 0. The van der Waals surface area contributed by atoms with Crippen molar-refractivity contribution in [3.05, 3.63) is 32.9 Å². The van der Waals surface area contributed by atoms with Gasteiger partial charge in [-0.25, -0.2) is 0 Å². The van der Waals surface area contributed by atoms with Crippen LogP contribution in [0.15, 0.2) is 18.2 Å². The Labute approximate surface area is 207 Å². The topological polar surface area (TPSA) is 46.2 Å². The minimum Gasteiger partial charge on any atom is -0.352 e. The first kappa shape index (κ1) is 28.8. The summed E-state index contributed by atoms with van der Waals surface area (Å²) < 4.78 is 12.3. The van der Waals surface area contributed by atoms with Gasteiger partial charge >= 0.3 is 0 Å². The summed E-state index contributed by atoms with van der Waals surface area (Å²) in [6.45, 7) is 2.95. The Morgan fingerprint density at radius 1 is 0.844 bits per heavy atom. The molecule has 1 aromatic rings. The highest BCUT2D eigenvalue weighted by molar-refractivity contribution is 14.1. The first-order valence-corrected chi connectivity index (χ1v) is 14.8. The van der Waals surface area contributed by atoms with Crippen LogP contribution in [-0.4, -0.2) is 12.5 Å². The number of halogens is 1. The zero-order valence-corrected chi connectivity index (χ0v) is 22.4. The van der Waals surface area contributed by atoms with E-state index in [-0.39, 0.29) is 5.91 Å². The second kappa shape index (κ2) is 20.4. The van der Waals surface area contributed by atoms with E-state index in [9.17, 15) is 7.86 Å². The van der Waals surface area contributed by atoms with Crippen LogP contribution in [-0.2, 0) is 9.49 Å². The third kappa shape index (κ3) is 13.4. The minimum atomic E-state index is -1.43. The maximum Gasteiger partial charge on any atom is 0.252 e. The lowest BCUT2D eigenvalue weighted by molar-refractivity contribution is 0.0952.